The van der Waals surface area contributed by atoms with Crippen molar-refractivity contribution in [2.45, 2.75) is 25.3 Å². The van der Waals surface area contributed by atoms with Crippen LogP contribution in [0, 0.1) is 0 Å². The number of rotatable bonds is 3. The number of hydrogen-bond acceptors (Lipinski definition) is 3. The molecular formula is C9H18N2O2. The van der Waals surface area contributed by atoms with E-state index in [2.05, 4.69) is 0 Å². The number of ether oxygens (including phenoxy) is 1. The van der Waals surface area contributed by atoms with Crippen LogP contribution >= 0.6 is 0 Å². The summed E-state index contributed by atoms with van der Waals surface area (Å²) in [6.45, 7) is 2.14. The van der Waals surface area contributed by atoms with Crippen LogP contribution < -0.4 is 5.73 Å². The zero-order valence-electron chi connectivity index (χ0n) is 8.16. The highest BCUT2D eigenvalue weighted by Crippen LogP contribution is 2.09. The first-order valence-corrected chi connectivity index (χ1v) is 4.76. The molecule has 4 nitrogen and oxygen atoms in total. The van der Waals surface area contributed by atoms with Crippen molar-refractivity contribution in [3.05, 3.63) is 0 Å². The Bertz CT molecular complexity index is 171. The summed E-state index contributed by atoms with van der Waals surface area (Å²) in [7, 11) is 1.65. The number of methoxy groups -OCH3 is 1. The first-order valence-electron chi connectivity index (χ1n) is 4.76. The van der Waals surface area contributed by atoms with Crippen LogP contribution in [0.25, 0.3) is 0 Å². The van der Waals surface area contributed by atoms with Gasteiger partial charge in [0.25, 0.3) is 0 Å². The molecule has 0 aliphatic carbocycles. The van der Waals surface area contributed by atoms with Gasteiger partial charge >= 0.3 is 0 Å². The summed E-state index contributed by atoms with van der Waals surface area (Å²) in [5.41, 5.74) is 5.74. The van der Waals surface area contributed by atoms with Crippen LogP contribution in [0.4, 0.5) is 0 Å². The minimum atomic E-state index is 0.0556. The molecule has 76 valence electrons. The fraction of sp³-hybridized carbons (Fsp3) is 0.889. The second-order valence-corrected chi connectivity index (χ2v) is 3.48. The number of hydrogen-bond donors (Lipinski definition) is 1. The summed E-state index contributed by atoms with van der Waals surface area (Å²) in [4.78, 5) is 13.4. The van der Waals surface area contributed by atoms with Gasteiger partial charge in [-0.05, 0) is 12.8 Å². The van der Waals surface area contributed by atoms with Crippen molar-refractivity contribution in [2.75, 3.05) is 26.8 Å². The lowest BCUT2D eigenvalue weighted by Gasteiger charge is -2.19. The number of nitrogens with zero attached hydrogens (tertiary/aromatic N) is 1. The SMILES string of the molecule is COCCN1CCC[C@H](N)CC1=O. The van der Waals surface area contributed by atoms with Gasteiger partial charge in [0.1, 0.15) is 0 Å². The van der Waals surface area contributed by atoms with E-state index in [1.54, 1.807) is 7.11 Å². The molecule has 1 aliphatic rings. The highest BCUT2D eigenvalue weighted by atomic mass is 16.5. The van der Waals surface area contributed by atoms with Crippen molar-refractivity contribution >= 4 is 5.91 Å². The van der Waals surface area contributed by atoms with Gasteiger partial charge in [-0.2, -0.15) is 0 Å². The Kier molecular flexibility index (Phi) is 4.18. The zero-order valence-corrected chi connectivity index (χ0v) is 8.16. The van der Waals surface area contributed by atoms with E-state index in [9.17, 15) is 4.79 Å². The third-order valence-electron chi connectivity index (χ3n) is 2.36. The van der Waals surface area contributed by atoms with E-state index in [1.165, 1.54) is 0 Å². The maximum atomic E-state index is 11.5. The van der Waals surface area contributed by atoms with Crippen LogP contribution in [0.3, 0.4) is 0 Å². The average molecular weight is 186 g/mol. The average Bonchev–Trinajstić information content (AvgIpc) is 2.24. The molecule has 1 atom stereocenters. The molecule has 0 spiro atoms. The Morgan fingerprint density at radius 2 is 2.46 bits per heavy atom. The Morgan fingerprint density at radius 1 is 1.69 bits per heavy atom. The van der Waals surface area contributed by atoms with Crippen molar-refractivity contribution in [3.63, 3.8) is 0 Å². The van der Waals surface area contributed by atoms with E-state index in [0.717, 1.165) is 19.4 Å². The van der Waals surface area contributed by atoms with Gasteiger partial charge in [0.05, 0.1) is 6.61 Å². The van der Waals surface area contributed by atoms with E-state index in [-0.39, 0.29) is 11.9 Å². The molecule has 1 fully saturated rings. The first kappa shape index (κ1) is 10.5. The lowest BCUT2D eigenvalue weighted by molar-refractivity contribution is -0.131. The van der Waals surface area contributed by atoms with Crippen LogP contribution in [0.2, 0.25) is 0 Å². The highest BCUT2D eigenvalue weighted by molar-refractivity contribution is 5.77. The van der Waals surface area contributed by atoms with Crippen LogP contribution in [-0.4, -0.2) is 43.7 Å². The van der Waals surface area contributed by atoms with Gasteiger partial charge in [-0.3, -0.25) is 4.79 Å². The molecule has 13 heavy (non-hydrogen) atoms. The van der Waals surface area contributed by atoms with Crippen LogP contribution in [0.5, 0.6) is 0 Å². The Morgan fingerprint density at radius 3 is 3.15 bits per heavy atom. The summed E-state index contributed by atoms with van der Waals surface area (Å²) >= 11 is 0. The van der Waals surface area contributed by atoms with Crippen molar-refractivity contribution in [1.29, 1.82) is 0 Å². The molecule has 1 heterocycles. The molecule has 0 aromatic rings. The monoisotopic (exact) mass is 186 g/mol. The molecule has 1 saturated heterocycles. The van der Waals surface area contributed by atoms with Gasteiger partial charge in [0.15, 0.2) is 0 Å². The highest BCUT2D eigenvalue weighted by Gasteiger charge is 2.20. The van der Waals surface area contributed by atoms with E-state index < -0.39 is 0 Å². The third-order valence-corrected chi connectivity index (χ3v) is 2.36. The van der Waals surface area contributed by atoms with Crippen LogP contribution in [0.15, 0.2) is 0 Å². The summed E-state index contributed by atoms with van der Waals surface area (Å²) in [6.07, 6.45) is 2.45. The van der Waals surface area contributed by atoms with E-state index in [0.29, 0.717) is 19.6 Å². The molecule has 1 amide bonds. The summed E-state index contributed by atoms with van der Waals surface area (Å²) < 4.78 is 4.94. The number of nitrogens with two attached hydrogens (primary N) is 1. The lowest BCUT2D eigenvalue weighted by atomic mass is 10.1. The first-order chi connectivity index (χ1) is 6.24. The van der Waals surface area contributed by atoms with Crippen molar-refractivity contribution in [2.24, 2.45) is 5.73 Å². The normalized spacial score (nSPS) is 24.6. The number of carbonyl (C=O) groups is 1. The third kappa shape index (κ3) is 3.32. The molecule has 0 radical (unpaired) electrons. The molecule has 0 saturated carbocycles. The predicted octanol–water partition coefficient (Wildman–Crippen LogP) is -0.0274. The number of carbonyl (C=O) groups excluding carboxylic acids is 1. The van der Waals surface area contributed by atoms with Crippen LogP contribution in [0.1, 0.15) is 19.3 Å². The maximum absolute atomic E-state index is 11.5. The van der Waals surface area contributed by atoms with Gasteiger partial charge in [0.2, 0.25) is 5.91 Å². The number of likely N-dealkylation sites (tertiary alicyclic amines) is 1. The summed E-state index contributed by atoms with van der Waals surface area (Å²) in [5, 5.41) is 0. The standard InChI is InChI=1S/C9H18N2O2/c1-13-6-5-11-4-2-3-8(10)7-9(11)12/h8H,2-7,10H2,1H3/t8-/m0/s1. The van der Waals surface area contributed by atoms with E-state index in [1.807, 2.05) is 4.90 Å². The molecule has 0 aromatic carbocycles. The molecule has 1 aliphatic heterocycles. The molecule has 4 heteroatoms. The van der Waals surface area contributed by atoms with Gasteiger partial charge in [-0.25, -0.2) is 0 Å². The molecule has 2 N–H and O–H groups in total. The Labute approximate surface area is 79.0 Å². The fourth-order valence-corrected chi connectivity index (χ4v) is 1.56. The molecular weight excluding hydrogens is 168 g/mol. The van der Waals surface area contributed by atoms with Gasteiger partial charge in [0, 0.05) is 32.7 Å². The van der Waals surface area contributed by atoms with Gasteiger partial charge < -0.3 is 15.4 Å². The molecule has 0 bridgehead atoms. The van der Waals surface area contributed by atoms with E-state index >= 15 is 0 Å². The smallest absolute Gasteiger partial charge is 0.224 e. The molecule has 0 unspecified atom stereocenters. The second-order valence-electron chi connectivity index (χ2n) is 3.48. The molecule has 0 aromatic heterocycles. The minimum absolute atomic E-state index is 0.0556. The van der Waals surface area contributed by atoms with E-state index in [4.69, 9.17) is 10.5 Å². The minimum Gasteiger partial charge on any atom is -0.383 e. The fourth-order valence-electron chi connectivity index (χ4n) is 1.56. The zero-order chi connectivity index (χ0) is 9.68. The van der Waals surface area contributed by atoms with Gasteiger partial charge in [-0.1, -0.05) is 0 Å². The Balaban J connectivity index is 2.39. The number of amides is 1. The Hall–Kier alpha value is -0.610. The molecule has 1 rings (SSSR count). The van der Waals surface area contributed by atoms with Crippen molar-refractivity contribution < 1.29 is 9.53 Å². The summed E-state index contributed by atoms with van der Waals surface area (Å²) in [6, 6.07) is 0.0556. The topological polar surface area (TPSA) is 55.6 Å². The van der Waals surface area contributed by atoms with Gasteiger partial charge in [-0.15, -0.1) is 0 Å². The summed E-state index contributed by atoms with van der Waals surface area (Å²) in [5.74, 6) is 0.169. The predicted molar refractivity (Wildman–Crippen MR) is 50.3 cm³/mol. The lowest BCUT2D eigenvalue weighted by Crippen LogP contribution is -2.35. The quantitative estimate of drug-likeness (QED) is 0.673. The van der Waals surface area contributed by atoms with Crippen LogP contribution in [-0.2, 0) is 9.53 Å². The second kappa shape index (κ2) is 5.19. The van der Waals surface area contributed by atoms with Crippen molar-refractivity contribution in [1.82, 2.24) is 4.90 Å². The maximum Gasteiger partial charge on any atom is 0.224 e. The van der Waals surface area contributed by atoms with Crippen molar-refractivity contribution in [3.8, 4) is 0 Å². The largest absolute Gasteiger partial charge is 0.383 e.